The Hall–Kier alpha value is -2.29. The number of carbonyl (C=O) groups excluding carboxylic acids is 1. The minimum atomic E-state index is -0.244. The Morgan fingerprint density at radius 2 is 1.92 bits per heavy atom. The first-order chi connectivity index (χ1) is 11.6. The van der Waals surface area contributed by atoms with Crippen molar-refractivity contribution in [1.82, 2.24) is 5.43 Å². The van der Waals surface area contributed by atoms with Crippen LogP contribution >= 0.6 is 22.6 Å². The Morgan fingerprint density at radius 3 is 2.58 bits per heavy atom. The summed E-state index contributed by atoms with van der Waals surface area (Å²) < 4.78 is 11.5. The lowest BCUT2D eigenvalue weighted by atomic mass is 10.2. The Morgan fingerprint density at radius 1 is 1.17 bits per heavy atom. The predicted molar refractivity (Wildman–Crippen MR) is 103 cm³/mol. The van der Waals surface area contributed by atoms with Crippen LogP contribution in [0.5, 0.6) is 11.5 Å². The molecule has 0 unspecified atom stereocenters. The molecule has 2 aromatic carbocycles. The molecule has 0 aromatic heterocycles. The highest BCUT2D eigenvalue weighted by Crippen LogP contribution is 2.22. The zero-order valence-corrected chi connectivity index (χ0v) is 15.5. The number of rotatable bonds is 7. The molecule has 6 nitrogen and oxygen atoms in total. The van der Waals surface area contributed by atoms with Crippen LogP contribution in [0.15, 0.2) is 47.6 Å². The number of carbonyl (C=O) groups is 1. The summed E-state index contributed by atoms with van der Waals surface area (Å²) in [7, 11) is 3.16. The zero-order chi connectivity index (χ0) is 17.4. The highest BCUT2D eigenvalue weighted by atomic mass is 127. The van der Waals surface area contributed by atoms with Gasteiger partial charge in [0.1, 0.15) is 11.5 Å². The van der Waals surface area contributed by atoms with Crippen LogP contribution in [-0.4, -0.2) is 32.9 Å². The minimum Gasteiger partial charge on any atom is -0.497 e. The second kappa shape index (κ2) is 9.11. The van der Waals surface area contributed by atoms with E-state index in [0.717, 1.165) is 9.26 Å². The maximum atomic E-state index is 11.8. The van der Waals surface area contributed by atoms with Gasteiger partial charge < -0.3 is 14.8 Å². The molecule has 0 heterocycles. The number of methoxy groups -OCH3 is 2. The highest BCUT2D eigenvalue weighted by molar-refractivity contribution is 14.1. The number of hydrogen-bond donors (Lipinski definition) is 2. The van der Waals surface area contributed by atoms with Crippen molar-refractivity contribution in [3.63, 3.8) is 0 Å². The Labute approximate surface area is 154 Å². The standard InChI is InChI=1S/C17H18IN3O3/c1-23-15-7-8-16(24-2)12(9-15)10-20-21-17(22)11-19-14-5-3-13(18)4-6-14/h3-10,19H,11H2,1-2H3,(H,21,22)/b20-10-. The van der Waals surface area contributed by atoms with Gasteiger partial charge in [-0.1, -0.05) is 0 Å². The fourth-order valence-corrected chi connectivity index (χ4v) is 2.26. The van der Waals surface area contributed by atoms with Crippen molar-refractivity contribution < 1.29 is 14.3 Å². The maximum absolute atomic E-state index is 11.8. The molecule has 126 valence electrons. The van der Waals surface area contributed by atoms with E-state index < -0.39 is 0 Å². The van der Waals surface area contributed by atoms with Gasteiger partial charge in [-0.2, -0.15) is 5.10 Å². The SMILES string of the molecule is COc1ccc(OC)c(/C=N\NC(=O)CNc2ccc(I)cc2)c1. The van der Waals surface area contributed by atoms with E-state index in [1.807, 2.05) is 24.3 Å². The summed E-state index contributed by atoms with van der Waals surface area (Å²) in [4.78, 5) is 11.8. The fraction of sp³-hybridized carbons (Fsp3) is 0.176. The van der Waals surface area contributed by atoms with Gasteiger partial charge in [-0.25, -0.2) is 5.43 Å². The molecular formula is C17H18IN3O3. The number of hydrogen-bond acceptors (Lipinski definition) is 5. The normalized spacial score (nSPS) is 10.5. The third-order valence-electron chi connectivity index (χ3n) is 3.13. The topological polar surface area (TPSA) is 72.0 Å². The number of hydrazone groups is 1. The largest absolute Gasteiger partial charge is 0.497 e. The highest BCUT2D eigenvalue weighted by Gasteiger charge is 2.03. The van der Waals surface area contributed by atoms with E-state index in [1.54, 1.807) is 32.4 Å². The number of anilines is 1. The molecule has 0 radical (unpaired) electrons. The summed E-state index contributed by atoms with van der Waals surface area (Å²) >= 11 is 2.23. The van der Waals surface area contributed by atoms with Gasteiger partial charge in [0, 0.05) is 14.8 Å². The first-order valence-corrected chi connectivity index (χ1v) is 8.23. The molecule has 0 atom stereocenters. The second-order valence-electron chi connectivity index (χ2n) is 4.76. The van der Waals surface area contributed by atoms with Gasteiger partial charge in [0.25, 0.3) is 5.91 Å². The molecule has 1 amide bonds. The van der Waals surface area contributed by atoms with E-state index in [2.05, 4.69) is 38.4 Å². The van der Waals surface area contributed by atoms with Crippen molar-refractivity contribution >= 4 is 40.4 Å². The van der Waals surface area contributed by atoms with Gasteiger partial charge in [0.05, 0.1) is 27.0 Å². The molecular weight excluding hydrogens is 421 g/mol. The lowest BCUT2D eigenvalue weighted by Gasteiger charge is -2.07. The smallest absolute Gasteiger partial charge is 0.259 e. The summed E-state index contributed by atoms with van der Waals surface area (Å²) in [6.07, 6.45) is 1.52. The monoisotopic (exact) mass is 439 g/mol. The predicted octanol–water partition coefficient (Wildman–Crippen LogP) is 2.87. The Balaban J connectivity index is 1.89. The molecule has 2 rings (SSSR count). The first kappa shape index (κ1) is 18.1. The first-order valence-electron chi connectivity index (χ1n) is 7.15. The quantitative estimate of drug-likeness (QED) is 0.396. The Kier molecular flexibility index (Phi) is 6.86. The fourth-order valence-electron chi connectivity index (χ4n) is 1.90. The summed E-state index contributed by atoms with van der Waals surface area (Å²) in [6, 6.07) is 13.1. The summed E-state index contributed by atoms with van der Waals surface area (Å²) in [6.45, 7) is 0.132. The Bertz CT molecular complexity index is 718. The van der Waals surface area contributed by atoms with Crippen molar-refractivity contribution in [3.8, 4) is 11.5 Å². The molecule has 7 heteroatoms. The molecule has 24 heavy (non-hydrogen) atoms. The number of halogens is 1. The van der Waals surface area contributed by atoms with Gasteiger partial charge in [-0.05, 0) is 65.1 Å². The van der Waals surface area contributed by atoms with Crippen LogP contribution < -0.4 is 20.2 Å². The second-order valence-corrected chi connectivity index (χ2v) is 6.01. The summed E-state index contributed by atoms with van der Waals surface area (Å²) in [5.74, 6) is 1.08. The molecule has 0 bridgehead atoms. The maximum Gasteiger partial charge on any atom is 0.259 e. The molecule has 0 aliphatic heterocycles. The molecule has 0 saturated heterocycles. The average Bonchev–Trinajstić information content (AvgIpc) is 2.61. The number of nitrogens with one attached hydrogen (secondary N) is 2. The van der Waals surface area contributed by atoms with Gasteiger partial charge >= 0.3 is 0 Å². The van der Waals surface area contributed by atoms with E-state index in [-0.39, 0.29) is 12.5 Å². The van der Waals surface area contributed by atoms with E-state index in [4.69, 9.17) is 9.47 Å². The van der Waals surface area contributed by atoms with Gasteiger partial charge in [0.15, 0.2) is 0 Å². The van der Waals surface area contributed by atoms with Gasteiger partial charge in [0.2, 0.25) is 0 Å². The number of ether oxygens (including phenoxy) is 2. The lowest BCUT2D eigenvalue weighted by molar-refractivity contribution is -0.119. The van der Waals surface area contributed by atoms with Crippen molar-refractivity contribution in [2.45, 2.75) is 0 Å². The van der Waals surface area contributed by atoms with Crippen LogP contribution in [0.25, 0.3) is 0 Å². The zero-order valence-electron chi connectivity index (χ0n) is 13.4. The molecule has 0 saturated carbocycles. The minimum absolute atomic E-state index is 0.132. The van der Waals surface area contributed by atoms with E-state index in [9.17, 15) is 4.79 Å². The molecule has 0 aliphatic rings. The van der Waals surface area contributed by atoms with E-state index >= 15 is 0 Å². The van der Waals surface area contributed by atoms with E-state index in [0.29, 0.717) is 17.1 Å². The summed E-state index contributed by atoms with van der Waals surface area (Å²) in [5.41, 5.74) is 4.06. The number of amides is 1. The third-order valence-corrected chi connectivity index (χ3v) is 3.85. The van der Waals surface area contributed by atoms with Gasteiger partial charge in [-0.15, -0.1) is 0 Å². The average molecular weight is 439 g/mol. The van der Waals surface area contributed by atoms with Gasteiger partial charge in [-0.3, -0.25) is 4.79 Å². The third kappa shape index (κ3) is 5.41. The summed E-state index contributed by atoms with van der Waals surface area (Å²) in [5, 5.41) is 6.98. The van der Waals surface area contributed by atoms with Crippen LogP contribution in [0.1, 0.15) is 5.56 Å². The van der Waals surface area contributed by atoms with Crippen molar-refractivity contribution in [3.05, 3.63) is 51.6 Å². The molecule has 0 aliphatic carbocycles. The van der Waals surface area contributed by atoms with Crippen LogP contribution in [0.2, 0.25) is 0 Å². The number of benzene rings is 2. The van der Waals surface area contributed by atoms with Crippen LogP contribution in [0.4, 0.5) is 5.69 Å². The molecule has 0 spiro atoms. The lowest BCUT2D eigenvalue weighted by Crippen LogP contribution is -2.25. The van der Waals surface area contributed by atoms with Crippen molar-refractivity contribution in [2.24, 2.45) is 5.10 Å². The van der Waals surface area contributed by atoms with Crippen molar-refractivity contribution in [1.29, 1.82) is 0 Å². The van der Waals surface area contributed by atoms with Crippen LogP contribution in [-0.2, 0) is 4.79 Å². The molecule has 0 fully saturated rings. The van der Waals surface area contributed by atoms with Crippen LogP contribution in [0, 0.1) is 3.57 Å². The molecule has 2 aromatic rings. The van der Waals surface area contributed by atoms with Crippen LogP contribution in [0.3, 0.4) is 0 Å². The molecule has 2 N–H and O–H groups in total. The number of nitrogens with zero attached hydrogens (tertiary/aromatic N) is 1. The van der Waals surface area contributed by atoms with Crippen molar-refractivity contribution in [2.75, 3.05) is 26.1 Å². The van der Waals surface area contributed by atoms with E-state index in [1.165, 1.54) is 6.21 Å².